The number of hydrogen-bond acceptors (Lipinski definition) is 0. The van der Waals surface area contributed by atoms with Gasteiger partial charge in [0.2, 0.25) is 16.3 Å². The van der Waals surface area contributed by atoms with Gasteiger partial charge in [-0.25, -0.2) is 0 Å². The van der Waals surface area contributed by atoms with Crippen molar-refractivity contribution in [1.29, 1.82) is 0 Å². The smallest absolute Gasteiger partial charge is 0.0980 e. The Balaban J connectivity index is 3.68. The molecule has 0 aromatic heterocycles. The zero-order valence-electron chi connectivity index (χ0n) is 7.44. The van der Waals surface area contributed by atoms with Crippen LogP contribution in [-0.2, 0) is 0 Å². The first-order valence-corrected chi connectivity index (χ1v) is 5.51. The molecule has 0 saturated heterocycles. The summed E-state index contributed by atoms with van der Waals surface area (Å²) in [4.78, 5) is 0. The highest BCUT2D eigenvalue weighted by Crippen LogP contribution is 2.22. The highest BCUT2D eigenvalue weighted by molar-refractivity contribution is 6.08. The third-order valence-corrected chi connectivity index (χ3v) is 3.13. The van der Waals surface area contributed by atoms with Gasteiger partial charge in [-0.15, -0.1) is 0 Å². The molecule has 0 aromatic rings. The molecule has 0 N–H and O–H groups in total. The maximum Gasteiger partial charge on any atom is 0.212 e. The second kappa shape index (κ2) is 4.36. The van der Waals surface area contributed by atoms with Gasteiger partial charge in [0.1, 0.15) is 0 Å². The molecule has 0 rings (SSSR count). The second-order valence-corrected chi connectivity index (χ2v) is 4.38. The van der Waals surface area contributed by atoms with Crippen molar-refractivity contribution < 1.29 is 0 Å². The van der Waals surface area contributed by atoms with E-state index in [-0.39, 0.29) is 0 Å². The minimum absolute atomic E-state index is 0.891. The summed E-state index contributed by atoms with van der Waals surface area (Å²) in [7, 11) is 0. The van der Waals surface area contributed by atoms with E-state index in [1.54, 1.807) is 0 Å². The van der Waals surface area contributed by atoms with Crippen LogP contribution in [0, 0.1) is 17.8 Å². The molecule has 54 valence electrons. The fourth-order valence-electron chi connectivity index (χ4n) is 1.71. The Morgan fingerprint density at radius 2 is 1.33 bits per heavy atom. The first kappa shape index (κ1) is 9.53. The van der Waals surface area contributed by atoms with Crippen molar-refractivity contribution in [1.82, 2.24) is 0 Å². The highest BCUT2D eigenvalue weighted by Gasteiger charge is 2.13. The van der Waals surface area contributed by atoms with Gasteiger partial charge in [-0.2, -0.15) is 0 Å². The maximum atomic E-state index is 2.34. The molecule has 0 aromatic carbocycles. The molecule has 0 aliphatic heterocycles. The quantitative estimate of drug-likeness (QED) is 0.528. The predicted octanol–water partition coefficient (Wildman–Crippen LogP) is 1.97. The van der Waals surface area contributed by atoms with Crippen LogP contribution < -0.4 is 0 Å². The van der Waals surface area contributed by atoms with Crippen molar-refractivity contribution in [3.63, 3.8) is 0 Å². The summed E-state index contributed by atoms with van der Waals surface area (Å²) in [5.41, 5.74) is 0. The Kier molecular flexibility index (Phi) is 4.62. The minimum Gasteiger partial charge on any atom is -0.0980 e. The maximum absolute atomic E-state index is 2.34. The summed E-state index contributed by atoms with van der Waals surface area (Å²) in [6, 6.07) is 0. The van der Waals surface area contributed by atoms with Gasteiger partial charge in [-0.1, -0.05) is 33.0 Å². The van der Waals surface area contributed by atoms with Crippen molar-refractivity contribution >= 4 is 16.3 Å². The summed E-state index contributed by atoms with van der Waals surface area (Å²) < 4.78 is 0. The molecule has 0 radical (unpaired) electrons. The van der Waals surface area contributed by atoms with Gasteiger partial charge in [0.05, 0.1) is 0 Å². The third kappa shape index (κ3) is 3.28. The van der Waals surface area contributed by atoms with Crippen LogP contribution in [0.15, 0.2) is 0 Å². The van der Waals surface area contributed by atoms with Crippen molar-refractivity contribution in [3.05, 3.63) is 0 Å². The lowest BCUT2D eigenvalue weighted by Crippen LogP contribution is -2.14. The average molecular weight is 142 g/mol. The Morgan fingerprint density at radius 3 is 1.33 bits per heavy atom. The van der Waals surface area contributed by atoms with Crippen LogP contribution in [0.3, 0.4) is 0 Å². The highest BCUT2D eigenvalue weighted by atomic mass is 27.0. The summed E-state index contributed by atoms with van der Waals surface area (Å²) in [6.07, 6.45) is 0. The predicted molar refractivity (Wildman–Crippen MR) is 46.5 cm³/mol. The fraction of sp³-hybridized carbons (Fsp3) is 1.00. The second-order valence-electron chi connectivity index (χ2n) is 3.56. The average Bonchev–Trinajstić information content (AvgIpc) is 1.64. The zero-order chi connectivity index (χ0) is 7.44. The lowest BCUT2D eigenvalue weighted by Gasteiger charge is -2.22. The monoisotopic (exact) mass is 142 g/mol. The standard InChI is InChI=1S/C8H17.Al.2H/c1-6(2)8(5)7(3)4;;;/h6-8H,5H2,1-4H3;;;. The van der Waals surface area contributed by atoms with Crippen LogP contribution in [0.2, 0.25) is 5.28 Å². The molecule has 0 saturated carbocycles. The molecular weight excluding hydrogens is 123 g/mol. The summed E-state index contributed by atoms with van der Waals surface area (Å²) in [5.74, 6) is 2.77. The molecule has 0 heterocycles. The Bertz CT molecular complexity index is 59.0. The molecule has 0 nitrogen and oxygen atoms in total. The van der Waals surface area contributed by atoms with Crippen molar-refractivity contribution in [3.8, 4) is 0 Å². The van der Waals surface area contributed by atoms with E-state index in [1.807, 2.05) is 0 Å². The molecule has 0 fully saturated rings. The van der Waals surface area contributed by atoms with E-state index in [0.29, 0.717) is 0 Å². The van der Waals surface area contributed by atoms with Crippen LogP contribution in [0.1, 0.15) is 27.7 Å². The van der Waals surface area contributed by atoms with Crippen molar-refractivity contribution in [2.45, 2.75) is 33.0 Å². The van der Waals surface area contributed by atoms with Crippen LogP contribution in [0.4, 0.5) is 0 Å². The normalized spacial score (nSPS) is 11.9. The molecule has 0 aliphatic carbocycles. The molecule has 0 atom stereocenters. The van der Waals surface area contributed by atoms with Gasteiger partial charge in [0, 0.05) is 0 Å². The minimum atomic E-state index is 0.891. The molecule has 0 aliphatic rings. The van der Waals surface area contributed by atoms with Gasteiger partial charge < -0.3 is 0 Å². The van der Waals surface area contributed by atoms with Crippen LogP contribution in [-0.4, -0.2) is 16.3 Å². The third-order valence-electron chi connectivity index (χ3n) is 2.18. The van der Waals surface area contributed by atoms with Gasteiger partial charge in [-0.3, -0.25) is 0 Å². The Morgan fingerprint density at radius 1 is 1.00 bits per heavy atom. The van der Waals surface area contributed by atoms with Gasteiger partial charge >= 0.3 is 0 Å². The molecule has 9 heavy (non-hydrogen) atoms. The first-order chi connectivity index (χ1) is 4.09. The first-order valence-electron chi connectivity index (χ1n) is 4.09. The van der Waals surface area contributed by atoms with E-state index >= 15 is 0 Å². The van der Waals surface area contributed by atoms with E-state index in [9.17, 15) is 0 Å². The lowest BCUT2D eigenvalue weighted by atomic mass is 9.87. The van der Waals surface area contributed by atoms with E-state index < -0.39 is 0 Å². The van der Waals surface area contributed by atoms with Gasteiger partial charge in [0.15, 0.2) is 0 Å². The van der Waals surface area contributed by atoms with Gasteiger partial charge in [-0.05, 0) is 17.8 Å². The Labute approximate surface area is 67.5 Å². The van der Waals surface area contributed by atoms with Crippen LogP contribution in [0.5, 0.6) is 0 Å². The van der Waals surface area contributed by atoms with Crippen LogP contribution in [0.25, 0.3) is 0 Å². The van der Waals surface area contributed by atoms with E-state index in [0.717, 1.165) is 17.8 Å². The van der Waals surface area contributed by atoms with Crippen LogP contribution >= 0.6 is 0 Å². The molecule has 0 unspecified atom stereocenters. The molecule has 0 spiro atoms. The largest absolute Gasteiger partial charge is 0.212 e. The summed E-state index contributed by atoms with van der Waals surface area (Å²) in [5, 5.41) is 1.47. The number of hydrogen-bond donors (Lipinski definition) is 0. The zero-order valence-corrected chi connectivity index (χ0v) is 9.44. The van der Waals surface area contributed by atoms with Gasteiger partial charge in [0.25, 0.3) is 0 Å². The lowest BCUT2D eigenvalue weighted by molar-refractivity contribution is 0.317. The SMILES string of the molecule is CC(C)C([CH2][AlH2])C(C)C. The molecule has 0 amide bonds. The molecule has 1 heteroatoms. The van der Waals surface area contributed by atoms with Crippen molar-refractivity contribution in [2.24, 2.45) is 17.8 Å². The fourth-order valence-corrected chi connectivity index (χ4v) is 3.60. The number of rotatable bonds is 3. The summed E-state index contributed by atoms with van der Waals surface area (Å²) in [6.45, 7) is 9.34. The molecule has 0 bridgehead atoms. The van der Waals surface area contributed by atoms with Crippen molar-refractivity contribution in [2.75, 3.05) is 0 Å². The van der Waals surface area contributed by atoms with E-state index in [1.165, 1.54) is 21.6 Å². The Hall–Kier alpha value is 0.532. The van der Waals surface area contributed by atoms with E-state index in [4.69, 9.17) is 0 Å². The van der Waals surface area contributed by atoms with E-state index in [2.05, 4.69) is 27.7 Å². The summed E-state index contributed by atoms with van der Waals surface area (Å²) >= 11 is 1.37. The topological polar surface area (TPSA) is 0 Å². The molecular formula is C8H19Al.